The second kappa shape index (κ2) is 16.1. The Kier molecular flexibility index (Phi) is 13.8. The van der Waals surface area contributed by atoms with Crippen molar-refractivity contribution in [1.29, 1.82) is 0 Å². The van der Waals surface area contributed by atoms with E-state index in [1.165, 1.54) is 0 Å². The molecule has 2 rings (SSSR count). The standard InChI is InChI=1S/C27H48N8O2S4/c1-7-32-16-20(38)34(24(32)36)18-26(3,4)10-14-30-22(40)28-12-9-13-29-23(41)31-15-11-27(5,6)19-35-21(39)17-33(8-2)25(35)37/h7-19H2,1-6H3,(H2,28,30,40)(H2,29,31,41). The van der Waals surface area contributed by atoms with Gasteiger partial charge in [0.05, 0.1) is 13.1 Å². The Labute approximate surface area is 267 Å². The number of carbonyl (C=O) groups excluding carboxylic acids is 2. The molecule has 2 aliphatic rings. The van der Waals surface area contributed by atoms with E-state index in [1.807, 2.05) is 13.8 Å². The van der Waals surface area contributed by atoms with E-state index < -0.39 is 0 Å². The molecule has 0 unspecified atom stereocenters. The lowest BCUT2D eigenvalue weighted by Crippen LogP contribution is -2.43. The first kappa shape index (κ1) is 35.3. The Hall–Kier alpha value is -1.90. The molecule has 4 amide bonds. The van der Waals surface area contributed by atoms with Crippen LogP contribution in [-0.4, -0.2) is 117 Å². The first-order valence-electron chi connectivity index (χ1n) is 14.4. The summed E-state index contributed by atoms with van der Waals surface area (Å²) in [7, 11) is 0. The Morgan fingerprint density at radius 1 is 0.683 bits per heavy atom. The summed E-state index contributed by atoms with van der Waals surface area (Å²) in [5, 5.41) is 14.2. The van der Waals surface area contributed by atoms with E-state index >= 15 is 0 Å². The SMILES string of the molecule is CCN1CC(=S)N(CC(C)(C)CCNC(=S)NCCCNC(=S)NCCC(C)(C)CN2C(=O)N(CC)CC2=S)C1=O. The van der Waals surface area contributed by atoms with Gasteiger partial charge in [0, 0.05) is 52.4 Å². The first-order valence-corrected chi connectivity index (χ1v) is 16.0. The molecular weight excluding hydrogens is 597 g/mol. The molecule has 232 valence electrons. The van der Waals surface area contributed by atoms with Crippen molar-refractivity contribution in [3.8, 4) is 0 Å². The van der Waals surface area contributed by atoms with Gasteiger partial charge in [-0.3, -0.25) is 9.80 Å². The van der Waals surface area contributed by atoms with E-state index in [9.17, 15) is 9.59 Å². The zero-order chi connectivity index (χ0) is 30.8. The largest absolute Gasteiger partial charge is 0.363 e. The van der Waals surface area contributed by atoms with E-state index in [4.69, 9.17) is 48.9 Å². The van der Waals surface area contributed by atoms with E-state index in [2.05, 4.69) is 49.0 Å². The number of rotatable bonds is 16. The van der Waals surface area contributed by atoms with Gasteiger partial charge in [-0.25, -0.2) is 9.59 Å². The van der Waals surface area contributed by atoms with Crippen LogP contribution in [-0.2, 0) is 0 Å². The van der Waals surface area contributed by atoms with Gasteiger partial charge in [0.2, 0.25) is 0 Å². The molecule has 2 heterocycles. The molecule has 0 aromatic heterocycles. The molecule has 10 nitrogen and oxygen atoms in total. The summed E-state index contributed by atoms with van der Waals surface area (Å²) in [6, 6.07) is 0.0126. The normalized spacial score (nSPS) is 16.1. The summed E-state index contributed by atoms with van der Waals surface area (Å²) in [6.45, 7) is 19.0. The third kappa shape index (κ3) is 11.4. The Bertz CT molecular complexity index is 914. The molecule has 14 heteroatoms. The number of hydrogen-bond donors (Lipinski definition) is 4. The van der Waals surface area contributed by atoms with Crippen LogP contribution in [0.1, 0.15) is 60.8 Å². The molecular formula is C27H48N8O2S4. The lowest BCUT2D eigenvalue weighted by Gasteiger charge is -2.30. The van der Waals surface area contributed by atoms with Crippen LogP contribution in [0.2, 0.25) is 0 Å². The Morgan fingerprint density at radius 3 is 1.34 bits per heavy atom. The highest BCUT2D eigenvalue weighted by molar-refractivity contribution is 7.81. The minimum atomic E-state index is -0.0947. The van der Waals surface area contributed by atoms with Gasteiger partial charge in [0.25, 0.3) is 0 Å². The van der Waals surface area contributed by atoms with Crippen LogP contribution >= 0.6 is 48.9 Å². The number of amides is 4. The van der Waals surface area contributed by atoms with Crippen LogP contribution in [0.4, 0.5) is 9.59 Å². The van der Waals surface area contributed by atoms with Crippen LogP contribution in [0, 0.1) is 10.8 Å². The molecule has 0 bridgehead atoms. The maximum Gasteiger partial charge on any atom is 0.325 e. The third-order valence-electron chi connectivity index (χ3n) is 7.29. The molecule has 2 aliphatic heterocycles. The molecule has 0 saturated carbocycles. The lowest BCUT2D eigenvalue weighted by atomic mass is 9.88. The van der Waals surface area contributed by atoms with Gasteiger partial charge in [-0.05, 0) is 68.4 Å². The molecule has 0 spiro atoms. The molecule has 2 saturated heterocycles. The first-order chi connectivity index (χ1) is 19.2. The number of thiocarbonyl (C=S) groups is 4. The second-order valence-electron chi connectivity index (χ2n) is 12.1. The van der Waals surface area contributed by atoms with Crippen LogP contribution < -0.4 is 21.3 Å². The van der Waals surface area contributed by atoms with Crippen LogP contribution in [0.15, 0.2) is 0 Å². The summed E-state index contributed by atoms with van der Waals surface area (Å²) >= 11 is 21.7. The summed E-state index contributed by atoms with van der Waals surface area (Å²) in [4.78, 5) is 33.4. The summed E-state index contributed by atoms with van der Waals surface area (Å²) in [5.74, 6) is 0. The van der Waals surface area contributed by atoms with Crippen molar-refractivity contribution >= 4 is 81.1 Å². The number of nitrogens with one attached hydrogen (secondary N) is 4. The smallest absolute Gasteiger partial charge is 0.325 e. The highest BCUT2D eigenvalue weighted by atomic mass is 32.1. The van der Waals surface area contributed by atoms with Gasteiger partial charge >= 0.3 is 12.1 Å². The van der Waals surface area contributed by atoms with Crippen molar-refractivity contribution in [1.82, 2.24) is 40.9 Å². The van der Waals surface area contributed by atoms with Gasteiger partial charge < -0.3 is 31.1 Å². The fraction of sp³-hybridized carbons (Fsp3) is 0.778. The lowest BCUT2D eigenvalue weighted by molar-refractivity contribution is 0.181. The van der Waals surface area contributed by atoms with Gasteiger partial charge in [-0.1, -0.05) is 52.1 Å². The van der Waals surface area contributed by atoms with Gasteiger partial charge in [-0.15, -0.1) is 0 Å². The average Bonchev–Trinajstić information content (AvgIpc) is 3.31. The average molecular weight is 645 g/mol. The predicted molar refractivity (Wildman–Crippen MR) is 183 cm³/mol. The number of likely N-dealkylation sites (N-methyl/N-ethyl adjacent to an activating group) is 2. The van der Waals surface area contributed by atoms with E-state index in [0.29, 0.717) is 72.6 Å². The monoisotopic (exact) mass is 644 g/mol. The van der Waals surface area contributed by atoms with Gasteiger partial charge in [0.1, 0.15) is 9.98 Å². The number of nitrogens with zero attached hydrogens (tertiary/aromatic N) is 4. The van der Waals surface area contributed by atoms with Crippen molar-refractivity contribution in [3.63, 3.8) is 0 Å². The highest BCUT2D eigenvalue weighted by Gasteiger charge is 2.36. The summed E-state index contributed by atoms with van der Waals surface area (Å²) in [6.07, 6.45) is 2.55. The topological polar surface area (TPSA) is 95.2 Å². The van der Waals surface area contributed by atoms with E-state index in [-0.39, 0.29) is 22.9 Å². The molecule has 0 atom stereocenters. The van der Waals surface area contributed by atoms with Crippen molar-refractivity contribution in [2.24, 2.45) is 10.8 Å². The zero-order valence-electron chi connectivity index (χ0n) is 25.4. The van der Waals surface area contributed by atoms with E-state index in [0.717, 1.165) is 32.4 Å². The molecule has 0 aromatic carbocycles. The number of carbonyl (C=O) groups is 2. The van der Waals surface area contributed by atoms with E-state index in [1.54, 1.807) is 19.6 Å². The zero-order valence-corrected chi connectivity index (χ0v) is 28.7. The highest BCUT2D eigenvalue weighted by Crippen LogP contribution is 2.26. The number of hydrogen-bond acceptors (Lipinski definition) is 6. The number of urea groups is 2. The summed E-state index contributed by atoms with van der Waals surface area (Å²) in [5.41, 5.74) is -0.189. The van der Waals surface area contributed by atoms with Crippen LogP contribution in [0.5, 0.6) is 0 Å². The van der Waals surface area contributed by atoms with Gasteiger partial charge in [-0.2, -0.15) is 0 Å². The Balaban J connectivity index is 1.54. The Morgan fingerprint density at radius 2 is 1.02 bits per heavy atom. The maximum atomic E-state index is 12.5. The van der Waals surface area contributed by atoms with Crippen molar-refractivity contribution in [3.05, 3.63) is 0 Å². The molecule has 0 radical (unpaired) electrons. The molecule has 4 N–H and O–H groups in total. The van der Waals surface area contributed by atoms with Crippen LogP contribution in [0.3, 0.4) is 0 Å². The van der Waals surface area contributed by atoms with Crippen molar-refractivity contribution in [2.75, 3.05) is 65.4 Å². The third-order valence-corrected chi connectivity index (χ3v) is 8.57. The van der Waals surface area contributed by atoms with Gasteiger partial charge in [0.15, 0.2) is 10.2 Å². The van der Waals surface area contributed by atoms with Crippen molar-refractivity contribution < 1.29 is 9.59 Å². The molecule has 41 heavy (non-hydrogen) atoms. The second-order valence-corrected chi connectivity index (χ2v) is 13.9. The fourth-order valence-corrected chi connectivity index (χ4v) is 5.66. The minimum absolute atomic E-state index is 0.00629. The minimum Gasteiger partial charge on any atom is -0.363 e. The van der Waals surface area contributed by atoms with Crippen LogP contribution in [0.25, 0.3) is 0 Å². The van der Waals surface area contributed by atoms with Crippen molar-refractivity contribution in [2.45, 2.75) is 60.8 Å². The fourth-order valence-electron chi connectivity index (χ4n) is 4.65. The quantitative estimate of drug-likeness (QED) is 0.148. The predicted octanol–water partition coefficient (Wildman–Crippen LogP) is 3.31. The molecule has 0 aromatic rings. The molecule has 2 fully saturated rings. The summed E-state index contributed by atoms with van der Waals surface area (Å²) < 4.78 is 0. The maximum absolute atomic E-state index is 12.5. The molecule has 0 aliphatic carbocycles.